The molecule has 2 nitrogen and oxygen atoms in total. The van der Waals surface area contributed by atoms with Crippen molar-refractivity contribution in [3.8, 4) is 0 Å². The van der Waals surface area contributed by atoms with Crippen LogP contribution in [0.25, 0.3) is 0 Å². The number of benzene rings is 1. The Morgan fingerprint density at radius 2 is 2.00 bits per heavy atom. The molecule has 17 heavy (non-hydrogen) atoms. The van der Waals surface area contributed by atoms with Crippen molar-refractivity contribution in [2.75, 3.05) is 13.2 Å². The molecule has 0 aliphatic heterocycles. The van der Waals surface area contributed by atoms with Gasteiger partial charge in [-0.15, -0.1) is 0 Å². The predicted molar refractivity (Wildman–Crippen MR) is 73.1 cm³/mol. The summed E-state index contributed by atoms with van der Waals surface area (Å²) in [6, 6.07) is 6.61. The van der Waals surface area contributed by atoms with Crippen molar-refractivity contribution in [2.24, 2.45) is 5.92 Å². The third-order valence-corrected chi connectivity index (χ3v) is 3.45. The first kappa shape index (κ1) is 14.2. The highest BCUT2D eigenvalue weighted by atomic mass is 16.3. The number of hydrogen-bond donors (Lipinski definition) is 2. The van der Waals surface area contributed by atoms with Crippen molar-refractivity contribution in [1.82, 2.24) is 5.32 Å². The molecule has 0 saturated heterocycles. The van der Waals surface area contributed by atoms with E-state index in [2.05, 4.69) is 44.3 Å². The predicted octanol–water partition coefficient (Wildman–Crippen LogP) is 2.80. The fraction of sp³-hybridized carbons (Fsp3) is 0.600. The zero-order chi connectivity index (χ0) is 12.7. The summed E-state index contributed by atoms with van der Waals surface area (Å²) < 4.78 is 0. The van der Waals surface area contributed by atoms with E-state index in [9.17, 15) is 0 Å². The van der Waals surface area contributed by atoms with Crippen LogP contribution in [0.3, 0.4) is 0 Å². The summed E-state index contributed by atoms with van der Waals surface area (Å²) in [7, 11) is 0. The Labute approximate surface area is 105 Å². The molecule has 2 heteroatoms. The van der Waals surface area contributed by atoms with Crippen LogP contribution in [0.4, 0.5) is 0 Å². The quantitative estimate of drug-likeness (QED) is 0.761. The summed E-state index contributed by atoms with van der Waals surface area (Å²) >= 11 is 0. The molecule has 1 atom stereocenters. The molecule has 0 fully saturated rings. The number of aliphatic hydroxyl groups is 1. The molecule has 0 heterocycles. The molecule has 96 valence electrons. The number of hydrogen-bond acceptors (Lipinski definition) is 2. The van der Waals surface area contributed by atoms with E-state index in [1.807, 2.05) is 0 Å². The number of aliphatic hydroxyl groups excluding tert-OH is 1. The van der Waals surface area contributed by atoms with Crippen LogP contribution in [-0.2, 0) is 6.54 Å². The van der Waals surface area contributed by atoms with Crippen LogP contribution in [0.5, 0.6) is 0 Å². The normalized spacial score (nSPS) is 12.7. The van der Waals surface area contributed by atoms with Gasteiger partial charge in [-0.3, -0.25) is 0 Å². The Kier molecular flexibility index (Phi) is 6.23. The first-order valence-electron chi connectivity index (χ1n) is 6.55. The van der Waals surface area contributed by atoms with Gasteiger partial charge in [0.15, 0.2) is 0 Å². The third kappa shape index (κ3) is 4.88. The first-order valence-corrected chi connectivity index (χ1v) is 6.55. The van der Waals surface area contributed by atoms with E-state index in [0.717, 1.165) is 25.9 Å². The highest BCUT2D eigenvalue weighted by Gasteiger charge is 2.04. The fourth-order valence-corrected chi connectivity index (χ4v) is 1.97. The maximum Gasteiger partial charge on any atom is 0.0434 e. The van der Waals surface area contributed by atoms with Crippen LogP contribution in [-0.4, -0.2) is 18.3 Å². The maximum absolute atomic E-state index is 8.92. The minimum absolute atomic E-state index is 0.295. The van der Waals surface area contributed by atoms with Crippen LogP contribution in [0.1, 0.15) is 36.5 Å². The largest absolute Gasteiger partial charge is 0.396 e. The second-order valence-electron chi connectivity index (χ2n) is 4.84. The molecule has 2 N–H and O–H groups in total. The van der Waals surface area contributed by atoms with Gasteiger partial charge in [-0.25, -0.2) is 0 Å². The minimum atomic E-state index is 0.295. The van der Waals surface area contributed by atoms with E-state index in [-0.39, 0.29) is 0 Å². The molecule has 0 aliphatic carbocycles. The van der Waals surface area contributed by atoms with E-state index < -0.39 is 0 Å². The molecule has 0 bridgehead atoms. The second kappa shape index (κ2) is 7.46. The van der Waals surface area contributed by atoms with Gasteiger partial charge in [-0.05, 0) is 49.4 Å². The molecule has 1 rings (SSSR count). The van der Waals surface area contributed by atoms with Gasteiger partial charge in [0.25, 0.3) is 0 Å². The summed E-state index contributed by atoms with van der Waals surface area (Å²) in [4.78, 5) is 0. The summed E-state index contributed by atoms with van der Waals surface area (Å²) in [5.41, 5.74) is 4.04. The lowest BCUT2D eigenvalue weighted by atomic mass is 10.0. The number of rotatable bonds is 7. The molecular formula is C15H25NO. The average molecular weight is 235 g/mol. The van der Waals surface area contributed by atoms with E-state index >= 15 is 0 Å². The molecule has 0 saturated carbocycles. The minimum Gasteiger partial charge on any atom is -0.396 e. The van der Waals surface area contributed by atoms with E-state index in [1.165, 1.54) is 16.7 Å². The Morgan fingerprint density at radius 3 is 2.59 bits per heavy atom. The Bertz CT molecular complexity index is 336. The van der Waals surface area contributed by atoms with Crippen molar-refractivity contribution >= 4 is 0 Å². The van der Waals surface area contributed by atoms with Crippen molar-refractivity contribution in [3.05, 3.63) is 34.9 Å². The Hall–Kier alpha value is -0.860. The molecular weight excluding hydrogens is 210 g/mol. The van der Waals surface area contributed by atoms with Crippen LogP contribution in [0.2, 0.25) is 0 Å². The summed E-state index contributed by atoms with van der Waals surface area (Å²) in [5, 5.41) is 12.4. The number of aryl methyl sites for hydroxylation is 2. The molecule has 1 unspecified atom stereocenters. The van der Waals surface area contributed by atoms with Crippen molar-refractivity contribution in [3.63, 3.8) is 0 Å². The maximum atomic E-state index is 8.92. The van der Waals surface area contributed by atoms with E-state index in [1.54, 1.807) is 0 Å². The fourth-order valence-electron chi connectivity index (χ4n) is 1.97. The summed E-state index contributed by atoms with van der Waals surface area (Å²) in [5.74, 6) is 0.589. The van der Waals surface area contributed by atoms with Gasteiger partial charge in [-0.2, -0.15) is 0 Å². The van der Waals surface area contributed by atoms with Gasteiger partial charge in [0.05, 0.1) is 0 Å². The summed E-state index contributed by atoms with van der Waals surface area (Å²) in [6.45, 7) is 8.68. The average Bonchev–Trinajstić information content (AvgIpc) is 2.32. The highest BCUT2D eigenvalue weighted by Crippen LogP contribution is 2.10. The lowest BCUT2D eigenvalue weighted by Gasteiger charge is -2.14. The van der Waals surface area contributed by atoms with Gasteiger partial charge < -0.3 is 10.4 Å². The van der Waals surface area contributed by atoms with Gasteiger partial charge in [0.2, 0.25) is 0 Å². The van der Waals surface area contributed by atoms with Crippen LogP contribution in [0, 0.1) is 19.8 Å². The zero-order valence-corrected chi connectivity index (χ0v) is 11.3. The van der Waals surface area contributed by atoms with Crippen molar-refractivity contribution in [1.29, 1.82) is 0 Å². The van der Waals surface area contributed by atoms with Gasteiger partial charge in [0, 0.05) is 13.2 Å². The highest BCUT2D eigenvalue weighted by molar-refractivity contribution is 5.29. The first-order chi connectivity index (χ1) is 8.17. The van der Waals surface area contributed by atoms with Crippen LogP contribution < -0.4 is 5.32 Å². The van der Waals surface area contributed by atoms with Crippen LogP contribution in [0.15, 0.2) is 18.2 Å². The van der Waals surface area contributed by atoms with Gasteiger partial charge >= 0.3 is 0 Å². The molecule has 1 aromatic rings. The lowest BCUT2D eigenvalue weighted by Crippen LogP contribution is -2.22. The Morgan fingerprint density at radius 1 is 1.24 bits per heavy atom. The molecule has 0 spiro atoms. The zero-order valence-electron chi connectivity index (χ0n) is 11.3. The summed E-state index contributed by atoms with van der Waals surface area (Å²) in [6.07, 6.45) is 2.02. The molecule has 0 aromatic heterocycles. The topological polar surface area (TPSA) is 32.3 Å². The van der Waals surface area contributed by atoms with Gasteiger partial charge in [-0.1, -0.05) is 31.5 Å². The standard InChI is InChI=1S/C15H25NO/c1-4-14(7-8-17)10-16-11-15-6-5-12(2)13(3)9-15/h5-6,9,14,16-17H,4,7-8,10-11H2,1-3H3. The molecule has 0 radical (unpaired) electrons. The van der Waals surface area contributed by atoms with Crippen molar-refractivity contribution in [2.45, 2.75) is 40.2 Å². The third-order valence-electron chi connectivity index (χ3n) is 3.45. The van der Waals surface area contributed by atoms with E-state index in [0.29, 0.717) is 12.5 Å². The number of nitrogens with one attached hydrogen (secondary N) is 1. The molecule has 1 aromatic carbocycles. The smallest absolute Gasteiger partial charge is 0.0434 e. The second-order valence-corrected chi connectivity index (χ2v) is 4.84. The van der Waals surface area contributed by atoms with Crippen LogP contribution >= 0.6 is 0 Å². The molecule has 0 amide bonds. The van der Waals surface area contributed by atoms with Crippen molar-refractivity contribution < 1.29 is 5.11 Å². The monoisotopic (exact) mass is 235 g/mol. The molecule has 0 aliphatic rings. The Balaban J connectivity index is 2.37. The van der Waals surface area contributed by atoms with E-state index in [4.69, 9.17) is 5.11 Å². The SMILES string of the molecule is CCC(CCO)CNCc1ccc(C)c(C)c1. The lowest BCUT2D eigenvalue weighted by molar-refractivity contribution is 0.251. The van der Waals surface area contributed by atoms with Gasteiger partial charge in [0.1, 0.15) is 0 Å².